The summed E-state index contributed by atoms with van der Waals surface area (Å²) in [6.45, 7) is 0. The predicted molar refractivity (Wildman–Crippen MR) is 35.6 cm³/mol. The molecule has 1 rings (SSSR count). The maximum Gasteiger partial charge on any atom is 0.344 e. The van der Waals surface area contributed by atoms with E-state index in [-0.39, 0.29) is 6.07 Å². The Kier molecular flexibility index (Phi) is 2.68. The van der Waals surface area contributed by atoms with Gasteiger partial charge >= 0.3 is 5.97 Å². The highest BCUT2D eigenvalue weighted by Crippen LogP contribution is 2.20. The van der Waals surface area contributed by atoms with E-state index in [0.29, 0.717) is 0 Å². The minimum atomic E-state index is -2.81. The lowest BCUT2D eigenvalue weighted by atomic mass is 10.2. The molecule has 0 aliphatic heterocycles. The van der Waals surface area contributed by atoms with Crippen LogP contribution < -0.4 is 0 Å². The van der Waals surface area contributed by atoms with Crippen LogP contribution in [0.2, 0.25) is 0 Å². The van der Waals surface area contributed by atoms with Crippen LogP contribution in [0.25, 0.3) is 0 Å². The fourth-order valence-electron chi connectivity index (χ4n) is 0.752. The van der Waals surface area contributed by atoms with Crippen molar-refractivity contribution in [3.63, 3.8) is 0 Å². The third-order valence-electron chi connectivity index (χ3n) is 1.37. The summed E-state index contributed by atoms with van der Waals surface area (Å²) in [6.07, 6.45) is -2.81. The highest BCUT2D eigenvalue weighted by molar-refractivity contribution is 5.73. The molecule has 0 fully saturated rings. The molecule has 1 unspecified atom stereocenters. The molecular formula is C7H3F4NO2. The maximum atomic E-state index is 12.7. The van der Waals surface area contributed by atoms with Crippen LogP contribution >= 0.6 is 0 Å². The number of carboxylic acids is 1. The number of pyridine rings is 1. The van der Waals surface area contributed by atoms with Crippen molar-refractivity contribution in [2.75, 3.05) is 0 Å². The SMILES string of the molecule is O=C(O)C(F)c1nc(F)c(F)cc1F. The van der Waals surface area contributed by atoms with Gasteiger partial charge in [0, 0.05) is 6.07 Å². The lowest BCUT2D eigenvalue weighted by Crippen LogP contribution is -2.12. The Morgan fingerprint density at radius 1 is 1.36 bits per heavy atom. The molecule has 76 valence electrons. The molecule has 1 aromatic rings. The Morgan fingerprint density at radius 3 is 2.43 bits per heavy atom. The van der Waals surface area contributed by atoms with Gasteiger partial charge in [-0.05, 0) is 0 Å². The molecule has 0 spiro atoms. The summed E-state index contributed by atoms with van der Waals surface area (Å²) in [4.78, 5) is 12.6. The summed E-state index contributed by atoms with van der Waals surface area (Å²) in [6, 6.07) is 0.0349. The number of aliphatic carboxylic acids is 1. The average Bonchev–Trinajstić information content (AvgIpc) is 2.10. The number of carboxylic acid groups (broad SMARTS) is 1. The largest absolute Gasteiger partial charge is 0.479 e. The summed E-state index contributed by atoms with van der Waals surface area (Å²) in [7, 11) is 0. The first-order chi connectivity index (χ1) is 6.43. The fourth-order valence-corrected chi connectivity index (χ4v) is 0.752. The van der Waals surface area contributed by atoms with E-state index in [0.717, 1.165) is 0 Å². The van der Waals surface area contributed by atoms with E-state index in [1.54, 1.807) is 0 Å². The zero-order valence-corrected chi connectivity index (χ0v) is 6.47. The molecular weight excluding hydrogens is 206 g/mol. The molecule has 0 saturated heterocycles. The second kappa shape index (κ2) is 3.60. The molecule has 0 aromatic carbocycles. The fraction of sp³-hybridized carbons (Fsp3) is 0.143. The normalized spacial score (nSPS) is 12.6. The van der Waals surface area contributed by atoms with E-state index < -0.39 is 35.4 Å². The van der Waals surface area contributed by atoms with Crippen LogP contribution in [0.3, 0.4) is 0 Å². The summed E-state index contributed by atoms with van der Waals surface area (Å²) < 4.78 is 50.0. The number of carbonyl (C=O) groups is 1. The first kappa shape index (κ1) is 10.4. The van der Waals surface area contributed by atoms with Crippen LogP contribution in [0.15, 0.2) is 6.07 Å². The topological polar surface area (TPSA) is 50.2 Å². The van der Waals surface area contributed by atoms with E-state index in [9.17, 15) is 22.4 Å². The number of halogens is 4. The van der Waals surface area contributed by atoms with Gasteiger partial charge in [0.2, 0.25) is 12.1 Å². The van der Waals surface area contributed by atoms with Gasteiger partial charge in [0.15, 0.2) is 11.6 Å². The van der Waals surface area contributed by atoms with Gasteiger partial charge in [-0.15, -0.1) is 0 Å². The third-order valence-corrected chi connectivity index (χ3v) is 1.37. The van der Waals surface area contributed by atoms with Crippen molar-refractivity contribution < 1.29 is 27.5 Å². The number of rotatable bonds is 2. The van der Waals surface area contributed by atoms with Gasteiger partial charge < -0.3 is 5.11 Å². The van der Waals surface area contributed by atoms with Gasteiger partial charge in [-0.2, -0.15) is 4.39 Å². The summed E-state index contributed by atoms with van der Waals surface area (Å²) in [5.74, 6) is -6.92. The average molecular weight is 209 g/mol. The minimum Gasteiger partial charge on any atom is -0.479 e. The maximum absolute atomic E-state index is 12.7. The van der Waals surface area contributed by atoms with Crippen LogP contribution in [0.4, 0.5) is 17.6 Å². The molecule has 0 saturated carbocycles. The van der Waals surface area contributed by atoms with E-state index in [2.05, 4.69) is 4.98 Å². The Bertz CT molecular complexity index is 382. The van der Waals surface area contributed by atoms with Crippen LogP contribution in [0, 0.1) is 17.6 Å². The minimum absolute atomic E-state index is 0.0349. The molecule has 1 aromatic heterocycles. The lowest BCUT2D eigenvalue weighted by Gasteiger charge is -2.03. The van der Waals surface area contributed by atoms with Gasteiger partial charge in [-0.3, -0.25) is 0 Å². The van der Waals surface area contributed by atoms with Crippen molar-refractivity contribution in [2.45, 2.75) is 6.17 Å². The van der Waals surface area contributed by atoms with Gasteiger partial charge in [0.25, 0.3) is 0 Å². The van der Waals surface area contributed by atoms with Gasteiger partial charge in [0.1, 0.15) is 5.69 Å². The molecule has 1 atom stereocenters. The molecule has 0 aliphatic rings. The molecule has 0 aliphatic carbocycles. The molecule has 0 bridgehead atoms. The second-order valence-electron chi connectivity index (χ2n) is 2.33. The second-order valence-corrected chi connectivity index (χ2v) is 2.33. The van der Waals surface area contributed by atoms with Crippen molar-refractivity contribution in [2.24, 2.45) is 0 Å². The van der Waals surface area contributed by atoms with Crippen molar-refractivity contribution in [1.29, 1.82) is 0 Å². The zero-order valence-electron chi connectivity index (χ0n) is 6.47. The van der Waals surface area contributed by atoms with Crippen molar-refractivity contribution in [3.05, 3.63) is 29.3 Å². The van der Waals surface area contributed by atoms with Crippen LogP contribution in [0.5, 0.6) is 0 Å². The Balaban J connectivity index is 3.22. The number of hydrogen-bond donors (Lipinski definition) is 1. The molecule has 1 N–H and O–H groups in total. The monoisotopic (exact) mass is 209 g/mol. The number of aromatic nitrogens is 1. The number of hydrogen-bond acceptors (Lipinski definition) is 2. The first-order valence-electron chi connectivity index (χ1n) is 3.31. The Hall–Kier alpha value is -1.66. The number of nitrogens with zero attached hydrogens (tertiary/aromatic N) is 1. The smallest absolute Gasteiger partial charge is 0.344 e. The van der Waals surface area contributed by atoms with Crippen molar-refractivity contribution >= 4 is 5.97 Å². The Labute approximate surface area is 75.0 Å². The quantitative estimate of drug-likeness (QED) is 0.594. The van der Waals surface area contributed by atoms with E-state index in [4.69, 9.17) is 5.11 Å². The van der Waals surface area contributed by atoms with Crippen molar-refractivity contribution in [1.82, 2.24) is 4.98 Å². The summed E-state index contributed by atoms with van der Waals surface area (Å²) >= 11 is 0. The van der Waals surface area contributed by atoms with Crippen molar-refractivity contribution in [3.8, 4) is 0 Å². The lowest BCUT2D eigenvalue weighted by molar-refractivity contribution is -0.143. The molecule has 7 heteroatoms. The van der Waals surface area contributed by atoms with Gasteiger partial charge in [0.05, 0.1) is 0 Å². The van der Waals surface area contributed by atoms with E-state index in [1.807, 2.05) is 0 Å². The molecule has 14 heavy (non-hydrogen) atoms. The highest BCUT2D eigenvalue weighted by atomic mass is 19.2. The molecule has 3 nitrogen and oxygen atoms in total. The third kappa shape index (κ3) is 1.81. The van der Waals surface area contributed by atoms with Gasteiger partial charge in [-0.25, -0.2) is 22.9 Å². The predicted octanol–water partition coefficient (Wildman–Crippen LogP) is 1.59. The number of alkyl halides is 1. The highest BCUT2D eigenvalue weighted by Gasteiger charge is 2.26. The van der Waals surface area contributed by atoms with E-state index in [1.165, 1.54) is 0 Å². The zero-order chi connectivity index (χ0) is 10.9. The molecule has 0 radical (unpaired) electrons. The summed E-state index contributed by atoms with van der Waals surface area (Å²) in [5, 5.41) is 8.12. The van der Waals surface area contributed by atoms with Crippen LogP contribution in [-0.2, 0) is 4.79 Å². The molecule has 1 heterocycles. The molecule has 0 amide bonds. The summed E-state index contributed by atoms with van der Waals surface area (Å²) in [5.41, 5.74) is -1.28. The van der Waals surface area contributed by atoms with Gasteiger partial charge in [-0.1, -0.05) is 0 Å². The standard InChI is InChI=1S/C7H3F4NO2/c8-2-1-3(9)6(11)12-5(2)4(10)7(13)14/h1,4H,(H,13,14). The van der Waals surface area contributed by atoms with E-state index >= 15 is 0 Å². The van der Waals surface area contributed by atoms with Crippen LogP contribution in [0.1, 0.15) is 11.9 Å². The van der Waals surface area contributed by atoms with Crippen LogP contribution in [-0.4, -0.2) is 16.1 Å². The Morgan fingerprint density at radius 2 is 1.93 bits per heavy atom. The first-order valence-corrected chi connectivity index (χ1v) is 3.31.